The molecule has 0 bridgehead atoms. The Kier molecular flexibility index (Phi) is 8.35. The lowest BCUT2D eigenvalue weighted by Gasteiger charge is -2.41. The van der Waals surface area contributed by atoms with Crippen molar-refractivity contribution in [2.24, 2.45) is 0 Å². The van der Waals surface area contributed by atoms with E-state index in [1.54, 1.807) is 18.2 Å². The average molecular weight is 514 g/mol. The summed E-state index contributed by atoms with van der Waals surface area (Å²) in [5.74, 6) is -0.0221. The van der Waals surface area contributed by atoms with E-state index in [1.807, 2.05) is 30.9 Å². The van der Waals surface area contributed by atoms with Gasteiger partial charge in [-0.3, -0.25) is 13.9 Å². The predicted octanol–water partition coefficient (Wildman–Crippen LogP) is 5.61. The van der Waals surface area contributed by atoms with Crippen molar-refractivity contribution in [3.63, 3.8) is 0 Å². The van der Waals surface area contributed by atoms with E-state index < -0.39 is 10.8 Å². The molecule has 1 amide bonds. The zero-order valence-corrected chi connectivity index (χ0v) is 22.5. The Hall–Kier alpha value is -2.15. The lowest BCUT2D eigenvalue weighted by atomic mass is 9.92. The number of halogens is 1. The van der Waals surface area contributed by atoms with Gasteiger partial charge in [-0.05, 0) is 68.0 Å². The number of benzene rings is 2. The number of allylic oxidation sites excluding steroid dienone is 1. The molecule has 1 atom stereocenters. The highest BCUT2D eigenvalue weighted by molar-refractivity contribution is 7.85. The molecule has 2 aliphatic heterocycles. The molecule has 0 radical (unpaired) electrons. The maximum Gasteiger partial charge on any atom is 0.255 e. The van der Waals surface area contributed by atoms with Gasteiger partial charge in [-0.1, -0.05) is 49.2 Å². The summed E-state index contributed by atoms with van der Waals surface area (Å²) < 4.78 is 12.3. The molecule has 35 heavy (non-hydrogen) atoms. The Balaban J connectivity index is 1.31. The molecule has 1 unspecified atom stereocenters. The fourth-order valence-electron chi connectivity index (χ4n) is 5.18. The summed E-state index contributed by atoms with van der Waals surface area (Å²) >= 11 is 6.11. The first kappa shape index (κ1) is 25.9. The number of carbonyl (C=O) groups is 1. The van der Waals surface area contributed by atoms with E-state index in [1.165, 1.54) is 16.7 Å². The molecule has 7 heteroatoms. The molecule has 2 aromatic rings. The molecule has 2 aliphatic rings. The highest BCUT2D eigenvalue weighted by Gasteiger charge is 2.30. The van der Waals surface area contributed by atoms with Crippen LogP contribution in [0.15, 0.2) is 52.9 Å². The van der Waals surface area contributed by atoms with Gasteiger partial charge >= 0.3 is 0 Å². The van der Waals surface area contributed by atoms with Crippen molar-refractivity contribution in [1.82, 2.24) is 9.80 Å². The number of likely N-dealkylation sites (tertiary alicyclic amines) is 2. The van der Waals surface area contributed by atoms with Crippen LogP contribution < -0.4 is 5.73 Å². The van der Waals surface area contributed by atoms with E-state index in [9.17, 15) is 9.00 Å². The smallest absolute Gasteiger partial charge is 0.255 e. The number of nitrogens with two attached hydrogens (primary N) is 1. The lowest BCUT2D eigenvalue weighted by Crippen LogP contribution is -2.48. The van der Waals surface area contributed by atoms with Gasteiger partial charge in [0.25, 0.3) is 5.91 Å². The maximum absolute atomic E-state index is 13.0. The SMILES string of the molecule is CC(=C1CCN(C2CCN(C(=O)c3cccc(Cl)c3N)CC2)CC1)c1ccc(S(=O)C(C)C)cc1. The van der Waals surface area contributed by atoms with Gasteiger partial charge in [0, 0.05) is 42.4 Å². The molecule has 4 rings (SSSR count). The molecular weight excluding hydrogens is 478 g/mol. The van der Waals surface area contributed by atoms with E-state index in [0.29, 0.717) is 22.3 Å². The Morgan fingerprint density at radius 3 is 2.26 bits per heavy atom. The number of carbonyl (C=O) groups excluding carboxylic acids is 1. The zero-order valence-electron chi connectivity index (χ0n) is 20.9. The van der Waals surface area contributed by atoms with Crippen LogP contribution in [0.25, 0.3) is 5.57 Å². The van der Waals surface area contributed by atoms with Crippen molar-refractivity contribution in [2.75, 3.05) is 31.9 Å². The molecule has 0 saturated carbocycles. The third kappa shape index (κ3) is 5.82. The van der Waals surface area contributed by atoms with Crippen LogP contribution in [0.2, 0.25) is 5.02 Å². The molecule has 2 saturated heterocycles. The van der Waals surface area contributed by atoms with Crippen LogP contribution in [0, 0.1) is 0 Å². The zero-order chi connectivity index (χ0) is 25.1. The van der Waals surface area contributed by atoms with Crippen molar-refractivity contribution < 1.29 is 9.00 Å². The van der Waals surface area contributed by atoms with Crippen LogP contribution in [0.1, 0.15) is 62.4 Å². The second kappa shape index (κ2) is 11.3. The largest absolute Gasteiger partial charge is 0.397 e. The Morgan fingerprint density at radius 1 is 1.03 bits per heavy atom. The summed E-state index contributed by atoms with van der Waals surface area (Å²) in [6, 6.07) is 14.0. The summed E-state index contributed by atoms with van der Waals surface area (Å²) in [5, 5.41) is 0.560. The normalized spacial score (nSPS) is 18.7. The standard InChI is InChI=1S/C28H36ClN3O2S/c1-19(2)35(34)24-9-7-21(8-10-24)20(3)22-11-15-31(16-12-22)23-13-17-32(18-14-23)28(33)25-5-4-6-26(29)27(25)30/h4-10,19,23H,11-18,30H2,1-3H3. The minimum atomic E-state index is -0.947. The van der Waals surface area contributed by atoms with Gasteiger partial charge < -0.3 is 10.6 Å². The van der Waals surface area contributed by atoms with Crippen molar-refractivity contribution in [1.29, 1.82) is 0 Å². The number of nitrogen functional groups attached to an aromatic ring is 1. The first-order chi connectivity index (χ1) is 16.8. The second-order valence-electron chi connectivity index (χ2n) is 9.86. The van der Waals surface area contributed by atoms with Crippen molar-refractivity contribution in [3.8, 4) is 0 Å². The van der Waals surface area contributed by atoms with E-state index in [-0.39, 0.29) is 11.2 Å². The number of piperidine rings is 2. The van der Waals surface area contributed by atoms with Gasteiger partial charge in [0.2, 0.25) is 0 Å². The summed E-state index contributed by atoms with van der Waals surface area (Å²) in [5.41, 5.74) is 11.0. The van der Waals surface area contributed by atoms with Gasteiger partial charge in [-0.2, -0.15) is 0 Å². The third-order valence-electron chi connectivity index (χ3n) is 7.43. The van der Waals surface area contributed by atoms with E-state index in [2.05, 4.69) is 24.0 Å². The Morgan fingerprint density at radius 2 is 1.66 bits per heavy atom. The first-order valence-corrected chi connectivity index (χ1v) is 14.1. The summed E-state index contributed by atoms with van der Waals surface area (Å²) in [7, 11) is -0.947. The molecule has 5 nitrogen and oxygen atoms in total. The summed E-state index contributed by atoms with van der Waals surface area (Å²) in [4.78, 5) is 18.4. The lowest BCUT2D eigenvalue weighted by molar-refractivity contribution is 0.0609. The number of hydrogen-bond donors (Lipinski definition) is 1. The van der Waals surface area contributed by atoms with Crippen LogP contribution in [0.3, 0.4) is 0 Å². The molecule has 2 aromatic carbocycles. The average Bonchev–Trinajstić information content (AvgIpc) is 2.89. The molecule has 188 valence electrons. The minimum absolute atomic E-state index is 0.0221. The Bertz CT molecular complexity index is 1110. The second-order valence-corrected chi connectivity index (χ2v) is 12.3. The quantitative estimate of drug-likeness (QED) is 0.527. The fourth-order valence-corrected chi connectivity index (χ4v) is 6.30. The number of rotatable bonds is 5. The van der Waals surface area contributed by atoms with Crippen LogP contribution in [0.4, 0.5) is 5.69 Å². The third-order valence-corrected chi connectivity index (χ3v) is 9.35. The van der Waals surface area contributed by atoms with E-state index in [4.69, 9.17) is 17.3 Å². The predicted molar refractivity (Wildman–Crippen MR) is 146 cm³/mol. The van der Waals surface area contributed by atoms with Crippen LogP contribution in [-0.4, -0.2) is 57.4 Å². The number of hydrogen-bond acceptors (Lipinski definition) is 4. The van der Waals surface area contributed by atoms with Gasteiger partial charge in [0.1, 0.15) is 0 Å². The van der Waals surface area contributed by atoms with Crippen LogP contribution in [0.5, 0.6) is 0 Å². The van der Waals surface area contributed by atoms with Gasteiger partial charge in [0.05, 0.1) is 27.1 Å². The van der Waals surface area contributed by atoms with Crippen LogP contribution >= 0.6 is 11.6 Å². The number of nitrogens with zero attached hydrogens (tertiary/aromatic N) is 2. The monoisotopic (exact) mass is 513 g/mol. The number of para-hydroxylation sites is 1. The minimum Gasteiger partial charge on any atom is -0.397 e. The van der Waals surface area contributed by atoms with Crippen molar-refractivity contribution in [2.45, 2.75) is 62.6 Å². The van der Waals surface area contributed by atoms with Crippen LogP contribution in [-0.2, 0) is 10.8 Å². The first-order valence-electron chi connectivity index (χ1n) is 12.5. The number of amides is 1. The van der Waals surface area contributed by atoms with Gasteiger partial charge in [0.15, 0.2) is 0 Å². The van der Waals surface area contributed by atoms with Gasteiger partial charge in [-0.15, -0.1) is 0 Å². The molecule has 2 fully saturated rings. The molecule has 0 aliphatic carbocycles. The fraction of sp³-hybridized carbons (Fsp3) is 0.464. The summed E-state index contributed by atoms with van der Waals surface area (Å²) in [6.07, 6.45) is 4.12. The summed E-state index contributed by atoms with van der Waals surface area (Å²) in [6.45, 7) is 9.80. The van der Waals surface area contributed by atoms with Gasteiger partial charge in [-0.25, -0.2) is 0 Å². The molecule has 2 heterocycles. The van der Waals surface area contributed by atoms with E-state index in [0.717, 1.165) is 56.8 Å². The van der Waals surface area contributed by atoms with Crippen molar-refractivity contribution in [3.05, 3.63) is 64.2 Å². The van der Waals surface area contributed by atoms with E-state index >= 15 is 0 Å². The maximum atomic E-state index is 13.0. The molecule has 2 N–H and O–H groups in total. The molecule has 0 spiro atoms. The topological polar surface area (TPSA) is 66.6 Å². The highest BCUT2D eigenvalue weighted by Crippen LogP contribution is 2.30. The highest BCUT2D eigenvalue weighted by atomic mass is 35.5. The number of anilines is 1. The molecular formula is C28H36ClN3O2S. The van der Waals surface area contributed by atoms with Crippen molar-refractivity contribution >= 4 is 39.6 Å². The molecule has 0 aromatic heterocycles. The Labute approximate surface area is 216 Å².